The summed E-state index contributed by atoms with van der Waals surface area (Å²) in [5, 5.41) is 4.80. The molecule has 24 heavy (non-hydrogen) atoms. The maximum atomic E-state index is 12.8. The number of H-pyrrole nitrogens is 1. The maximum Gasteiger partial charge on any atom is 0.433 e. The molecule has 0 amide bonds. The summed E-state index contributed by atoms with van der Waals surface area (Å²) in [4.78, 5) is 6.65. The van der Waals surface area contributed by atoms with Crippen LogP contribution in [0, 0.1) is 0 Å². The number of pyridine rings is 1. The zero-order chi connectivity index (χ0) is 16.0. The molecule has 1 aliphatic heterocycles. The van der Waals surface area contributed by atoms with Gasteiger partial charge in [0.1, 0.15) is 11.3 Å². The Labute approximate surface area is 141 Å². The van der Waals surface area contributed by atoms with Gasteiger partial charge in [-0.3, -0.25) is 0 Å². The molecule has 1 atom stereocenters. The summed E-state index contributed by atoms with van der Waals surface area (Å²) in [7, 11) is 0. The van der Waals surface area contributed by atoms with Gasteiger partial charge in [0, 0.05) is 29.4 Å². The zero-order valence-corrected chi connectivity index (χ0v) is 13.3. The van der Waals surface area contributed by atoms with E-state index in [9.17, 15) is 13.2 Å². The largest absolute Gasteiger partial charge is 0.433 e. The highest BCUT2D eigenvalue weighted by molar-refractivity contribution is 6.06. The quantitative estimate of drug-likeness (QED) is 0.696. The lowest BCUT2D eigenvalue weighted by molar-refractivity contribution is -0.141. The van der Waals surface area contributed by atoms with Crippen molar-refractivity contribution in [3.63, 3.8) is 0 Å². The van der Waals surface area contributed by atoms with Crippen LogP contribution in [0.5, 0.6) is 0 Å². The molecule has 1 aromatic carbocycles. The van der Waals surface area contributed by atoms with Crippen molar-refractivity contribution >= 4 is 34.3 Å². The molecule has 4 rings (SSSR count). The van der Waals surface area contributed by atoms with Crippen LogP contribution in [-0.2, 0) is 10.9 Å². The number of alkyl halides is 3. The molecular weight excluding hydrogens is 343 g/mol. The molecule has 1 aliphatic rings. The molecule has 128 valence electrons. The Hall–Kier alpha value is -1.83. The maximum absolute atomic E-state index is 12.8. The third kappa shape index (κ3) is 2.94. The molecule has 0 aliphatic carbocycles. The fraction of sp³-hybridized carbons (Fsp3) is 0.312. The number of aromatic amines is 1. The number of hydrogen-bond donors (Lipinski definition) is 2. The first-order valence-electron chi connectivity index (χ1n) is 7.34. The van der Waals surface area contributed by atoms with Crippen LogP contribution < -0.4 is 5.32 Å². The lowest BCUT2D eigenvalue weighted by Gasteiger charge is -2.24. The minimum absolute atomic E-state index is 0. The van der Waals surface area contributed by atoms with Crippen molar-refractivity contribution in [1.82, 2.24) is 15.3 Å². The van der Waals surface area contributed by atoms with Crippen LogP contribution in [0.15, 0.2) is 30.3 Å². The molecule has 0 saturated carbocycles. The van der Waals surface area contributed by atoms with Crippen LogP contribution in [-0.4, -0.2) is 29.7 Å². The second-order valence-electron chi connectivity index (χ2n) is 5.58. The van der Waals surface area contributed by atoms with Crippen LogP contribution in [0.2, 0.25) is 0 Å². The molecule has 3 heterocycles. The molecule has 0 unspecified atom stereocenters. The van der Waals surface area contributed by atoms with Crippen LogP contribution in [0.25, 0.3) is 21.9 Å². The standard InChI is InChI=1S/C16H14F3N3O.ClH/c17-16(18,19)14-4-2-10-11-7-9(13-8-20-5-6-23-13)1-3-12(11)21-15(10)22-14;/h1-4,7,13,20H,5-6,8H2,(H,21,22);1H/t13-;/m1./s1. The molecule has 3 aromatic rings. The summed E-state index contributed by atoms with van der Waals surface area (Å²) < 4.78 is 44.1. The molecule has 8 heteroatoms. The minimum Gasteiger partial charge on any atom is -0.371 e. The predicted molar refractivity (Wildman–Crippen MR) is 87.4 cm³/mol. The molecule has 1 saturated heterocycles. The number of morpholine rings is 1. The summed E-state index contributed by atoms with van der Waals surface area (Å²) in [6.45, 7) is 2.20. The molecule has 0 bridgehead atoms. The van der Waals surface area contributed by atoms with E-state index < -0.39 is 11.9 Å². The van der Waals surface area contributed by atoms with Crippen molar-refractivity contribution in [2.24, 2.45) is 0 Å². The van der Waals surface area contributed by atoms with Crippen molar-refractivity contribution in [2.75, 3.05) is 19.7 Å². The Morgan fingerprint density at radius 3 is 2.67 bits per heavy atom. The summed E-state index contributed by atoms with van der Waals surface area (Å²) in [5.74, 6) is 0. The first kappa shape index (κ1) is 17.0. The van der Waals surface area contributed by atoms with Crippen molar-refractivity contribution < 1.29 is 17.9 Å². The molecule has 0 spiro atoms. The zero-order valence-electron chi connectivity index (χ0n) is 12.5. The third-order valence-corrected chi connectivity index (χ3v) is 4.07. The topological polar surface area (TPSA) is 49.9 Å². The van der Waals surface area contributed by atoms with E-state index in [1.807, 2.05) is 18.2 Å². The second kappa shape index (κ2) is 6.23. The number of hydrogen-bond acceptors (Lipinski definition) is 3. The lowest BCUT2D eigenvalue weighted by atomic mass is 10.0. The molecule has 2 N–H and O–H groups in total. The molecular formula is C16H15ClF3N3O. The van der Waals surface area contributed by atoms with E-state index in [1.54, 1.807) is 0 Å². The monoisotopic (exact) mass is 357 g/mol. The van der Waals surface area contributed by atoms with Crippen LogP contribution in [0.3, 0.4) is 0 Å². The number of fused-ring (bicyclic) bond motifs is 3. The van der Waals surface area contributed by atoms with Gasteiger partial charge < -0.3 is 15.0 Å². The molecule has 2 aromatic heterocycles. The number of nitrogens with zero attached hydrogens (tertiary/aromatic N) is 1. The fourth-order valence-electron chi connectivity index (χ4n) is 2.93. The van der Waals surface area contributed by atoms with Crippen LogP contribution in [0.1, 0.15) is 17.4 Å². The van der Waals surface area contributed by atoms with E-state index >= 15 is 0 Å². The first-order valence-corrected chi connectivity index (χ1v) is 7.34. The van der Waals surface area contributed by atoms with Gasteiger partial charge >= 0.3 is 6.18 Å². The number of rotatable bonds is 1. The molecule has 4 nitrogen and oxygen atoms in total. The summed E-state index contributed by atoms with van der Waals surface area (Å²) in [5.41, 5.74) is 1.12. The van der Waals surface area contributed by atoms with Crippen LogP contribution in [0.4, 0.5) is 13.2 Å². The smallest absolute Gasteiger partial charge is 0.371 e. The lowest BCUT2D eigenvalue weighted by Crippen LogP contribution is -2.33. The molecule has 1 fully saturated rings. The van der Waals surface area contributed by atoms with Crippen molar-refractivity contribution in [3.8, 4) is 0 Å². The highest BCUT2D eigenvalue weighted by atomic mass is 35.5. The highest BCUT2D eigenvalue weighted by Gasteiger charge is 2.32. The Morgan fingerprint density at radius 1 is 1.12 bits per heavy atom. The highest BCUT2D eigenvalue weighted by Crippen LogP contribution is 2.32. The fourth-order valence-corrected chi connectivity index (χ4v) is 2.93. The Bertz CT molecular complexity index is 872. The second-order valence-corrected chi connectivity index (χ2v) is 5.58. The normalized spacial score (nSPS) is 18.7. The summed E-state index contributed by atoms with van der Waals surface area (Å²) >= 11 is 0. The number of nitrogens with one attached hydrogen (secondary N) is 2. The van der Waals surface area contributed by atoms with Gasteiger partial charge in [0.05, 0.1) is 12.7 Å². The van der Waals surface area contributed by atoms with E-state index in [-0.39, 0.29) is 24.2 Å². The van der Waals surface area contributed by atoms with Crippen molar-refractivity contribution in [1.29, 1.82) is 0 Å². The predicted octanol–water partition coefficient (Wildman–Crippen LogP) is 3.82. The number of benzene rings is 1. The van der Waals surface area contributed by atoms with E-state index in [0.717, 1.165) is 35.6 Å². The van der Waals surface area contributed by atoms with Gasteiger partial charge in [-0.2, -0.15) is 13.2 Å². The Kier molecular flexibility index (Phi) is 4.42. The van der Waals surface area contributed by atoms with Gasteiger partial charge in [0.25, 0.3) is 0 Å². The van der Waals surface area contributed by atoms with Gasteiger partial charge in [-0.1, -0.05) is 6.07 Å². The van der Waals surface area contributed by atoms with E-state index in [2.05, 4.69) is 15.3 Å². The van der Waals surface area contributed by atoms with E-state index in [0.29, 0.717) is 12.0 Å². The van der Waals surface area contributed by atoms with Gasteiger partial charge in [0.2, 0.25) is 0 Å². The SMILES string of the molecule is Cl.FC(F)(F)c1ccc2c(n1)[nH]c1ccc([C@H]3CNCCO3)cc12. The van der Waals surface area contributed by atoms with E-state index in [1.165, 1.54) is 6.07 Å². The van der Waals surface area contributed by atoms with E-state index in [4.69, 9.17) is 4.74 Å². The Balaban J connectivity index is 0.00000169. The number of ether oxygens (including phenoxy) is 1. The first-order chi connectivity index (χ1) is 11.0. The molecule has 0 radical (unpaired) electrons. The third-order valence-electron chi connectivity index (χ3n) is 4.07. The van der Waals surface area contributed by atoms with Crippen molar-refractivity contribution in [2.45, 2.75) is 12.3 Å². The minimum atomic E-state index is -4.45. The van der Waals surface area contributed by atoms with Gasteiger partial charge in [-0.25, -0.2) is 4.98 Å². The van der Waals surface area contributed by atoms with Gasteiger partial charge in [-0.05, 0) is 29.8 Å². The average molecular weight is 358 g/mol. The van der Waals surface area contributed by atoms with Crippen LogP contribution >= 0.6 is 12.4 Å². The summed E-state index contributed by atoms with van der Waals surface area (Å²) in [6.07, 6.45) is -4.49. The summed E-state index contributed by atoms with van der Waals surface area (Å²) in [6, 6.07) is 8.23. The van der Waals surface area contributed by atoms with Crippen molar-refractivity contribution in [3.05, 3.63) is 41.6 Å². The average Bonchev–Trinajstić information content (AvgIpc) is 2.91. The Morgan fingerprint density at radius 2 is 1.96 bits per heavy atom. The number of halogens is 4. The number of aromatic nitrogens is 2. The van der Waals surface area contributed by atoms with Gasteiger partial charge in [0.15, 0.2) is 0 Å². The van der Waals surface area contributed by atoms with Gasteiger partial charge in [-0.15, -0.1) is 12.4 Å².